The van der Waals surface area contributed by atoms with Crippen LogP contribution in [-0.4, -0.2) is 49.6 Å². The van der Waals surface area contributed by atoms with Gasteiger partial charge in [-0.05, 0) is 26.8 Å². The maximum atomic E-state index is 12.1. The number of hydrogen-bond acceptors (Lipinski definition) is 3. The standard InChI is InChI=1S/C20H32N4O2/c1-5-15-26-18-12-10-9-11-17(18)16-23-20(21-6-2)22-14-13-19(25)24(7-3)8-4/h5,9-12H,1,6-8,13-16H2,2-4H3,(H2,21,22,23). The number of nitrogens with one attached hydrogen (secondary N) is 2. The molecule has 1 aromatic carbocycles. The third kappa shape index (κ3) is 7.59. The lowest BCUT2D eigenvalue weighted by atomic mass is 10.2. The third-order valence-electron chi connectivity index (χ3n) is 3.83. The molecule has 0 unspecified atom stereocenters. The summed E-state index contributed by atoms with van der Waals surface area (Å²) >= 11 is 0. The summed E-state index contributed by atoms with van der Waals surface area (Å²) in [5, 5.41) is 6.43. The van der Waals surface area contributed by atoms with Crippen molar-refractivity contribution in [3.63, 3.8) is 0 Å². The van der Waals surface area contributed by atoms with Crippen molar-refractivity contribution in [1.82, 2.24) is 15.5 Å². The van der Waals surface area contributed by atoms with Gasteiger partial charge in [0.15, 0.2) is 5.96 Å². The molecule has 0 aliphatic heterocycles. The number of nitrogens with zero attached hydrogens (tertiary/aromatic N) is 2. The molecule has 1 amide bonds. The zero-order valence-corrected chi connectivity index (χ0v) is 16.3. The average molecular weight is 361 g/mol. The molecule has 2 N–H and O–H groups in total. The predicted octanol–water partition coefficient (Wildman–Crippen LogP) is 2.57. The van der Waals surface area contributed by atoms with Crippen LogP contribution in [0.1, 0.15) is 32.8 Å². The van der Waals surface area contributed by atoms with Crippen molar-refractivity contribution in [3.05, 3.63) is 42.5 Å². The molecule has 0 spiro atoms. The van der Waals surface area contributed by atoms with Gasteiger partial charge in [0.25, 0.3) is 0 Å². The van der Waals surface area contributed by atoms with Gasteiger partial charge in [0.2, 0.25) is 5.91 Å². The summed E-state index contributed by atoms with van der Waals surface area (Å²) in [6.45, 7) is 13.4. The van der Waals surface area contributed by atoms with Crippen molar-refractivity contribution >= 4 is 11.9 Å². The fraction of sp³-hybridized carbons (Fsp3) is 0.500. The van der Waals surface area contributed by atoms with Crippen molar-refractivity contribution < 1.29 is 9.53 Å². The van der Waals surface area contributed by atoms with E-state index < -0.39 is 0 Å². The Balaban J connectivity index is 2.63. The lowest BCUT2D eigenvalue weighted by molar-refractivity contribution is -0.130. The van der Waals surface area contributed by atoms with Gasteiger partial charge in [-0.2, -0.15) is 0 Å². The molecule has 0 bridgehead atoms. The highest BCUT2D eigenvalue weighted by Crippen LogP contribution is 2.18. The van der Waals surface area contributed by atoms with Crippen LogP contribution in [0.15, 0.2) is 41.9 Å². The van der Waals surface area contributed by atoms with Crippen LogP contribution in [0, 0.1) is 0 Å². The molecule has 0 aliphatic carbocycles. The van der Waals surface area contributed by atoms with Crippen LogP contribution in [0.3, 0.4) is 0 Å². The van der Waals surface area contributed by atoms with Crippen molar-refractivity contribution in [2.75, 3.05) is 32.8 Å². The van der Waals surface area contributed by atoms with Crippen LogP contribution in [-0.2, 0) is 11.3 Å². The summed E-state index contributed by atoms with van der Waals surface area (Å²) in [6, 6.07) is 7.83. The molecule has 0 aromatic heterocycles. The monoisotopic (exact) mass is 360 g/mol. The highest BCUT2D eigenvalue weighted by atomic mass is 16.5. The van der Waals surface area contributed by atoms with Crippen LogP contribution in [0.5, 0.6) is 5.75 Å². The van der Waals surface area contributed by atoms with Crippen LogP contribution >= 0.6 is 0 Å². The van der Waals surface area contributed by atoms with E-state index in [1.807, 2.05) is 49.9 Å². The normalized spacial score (nSPS) is 11.0. The van der Waals surface area contributed by atoms with Gasteiger partial charge in [-0.25, -0.2) is 4.99 Å². The second-order valence-corrected chi connectivity index (χ2v) is 5.65. The van der Waals surface area contributed by atoms with Gasteiger partial charge in [0.05, 0.1) is 6.54 Å². The second kappa shape index (κ2) is 12.8. The molecule has 1 aromatic rings. The minimum atomic E-state index is 0.154. The van der Waals surface area contributed by atoms with Crippen LogP contribution in [0.2, 0.25) is 0 Å². The molecule has 0 aliphatic rings. The average Bonchev–Trinajstić information content (AvgIpc) is 2.66. The molecular formula is C20H32N4O2. The second-order valence-electron chi connectivity index (χ2n) is 5.65. The Labute approximate surface area is 157 Å². The van der Waals surface area contributed by atoms with Gasteiger partial charge >= 0.3 is 0 Å². The first-order valence-corrected chi connectivity index (χ1v) is 9.27. The van der Waals surface area contributed by atoms with Crippen LogP contribution < -0.4 is 15.4 Å². The fourth-order valence-corrected chi connectivity index (χ4v) is 2.45. The Kier molecular flexibility index (Phi) is 10.6. The van der Waals surface area contributed by atoms with Gasteiger partial charge < -0.3 is 20.3 Å². The zero-order valence-electron chi connectivity index (χ0n) is 16.3. The fourth-order valence-electron chi connectivity index (χ4n) is 2.45. The van der Waals surface area contributed by atoms with E-state index in [9.17, 15) is 4.79 Å². The first-order valence-electron chi connectivity index (χ1n) is 9.27. The molecule has 144 valence electrons. The molecule has 0 atom stereocenters. The number of guanidine groups is 1. The highest BCUT2D eigenvalue weighted by Gasteiger charge is 2.09. The van der Waals surface area contributed by atoms with Crippen molar-refractivity contribution in [2.24, 2.45) is 4.99 Å². The van der Waals surface area contributed by atoms with Gasteiger partial charge in [-0.15, -0.1) is 0 Å². The van der Waals surface area contributed by atoms with E-state index in [-0.39, 0.29) is 5.91 Å². The number of para-hydroxylation sites is 1. The lowest BCUT2D eigenvalue weighted by Gasteiger charge is -2.19. The van der Waals surface area contributed by atoms with Crippen molar-refractivity contribution in [3.8, 4) is 5.75 Å². The topological polar surface area (TPSA) is 66.0 Å². The number of carbonyl (C=O) groups excluding carboxylic acids is 1. The van der Waals surface area contributed by atoms with E-state index >= 15 is 0 Å². The SMILES string of the molecule is C=CCOc1ccccc1CN=C(NCC)NCCC(=O)N(CC)CC. The quantitative estimate of drug-likeness (QED) is 0.362. The first-order chi connectivity index (χ1) is 12.7. The lowest BCUT2D eigenvalue weighted by Crippen LogP contribution is -2.40. The summed E-state index contributed by atoms with van der Waals surface area (Å²) in [5.41, 5.74) is 1.01. The molecule has 26 heavy (non-hydrogen) atoms. The molecule has 0 radical (unpaired) electrons. The Morgan fingerprint density at radius 1 is 1.23 bits per heavy atom. The molecule has 0 heterocycles. The van der Waals surface area contributed by atoms with E-state index in [2.05, 4.69) is 22.2 Å². The number of amides is 1. The highest BCUT2D eigenvalue weighted by molar-refractivity contribution is 5.81. The van der Waals surface area contributed by atoms with Gasteiger partial charge in [0, 0.05) is 38.2 Å². The number of aliphatic imine (C=N–C) groups is 1. The summed E-state index contributed by atoms with van der Waals surface area (Å²) in [6.07, 6.45) is 2.17. The number of benzene rings is 1. The molecule has 0 fully saturated rings. The Morgan fingerprint density at radius 3 is 2.62 bits per heavy atom. The molecule has 6 nitrogen and oxygen atoms in total. The van der Waals surface area contributed by atoms with Crippen molar-refractivity contribution in [2.45, 2.75) is 33.7 Å². The van der Waals surface area contributed by atoms with E-state index in [0.29, 0.717) is 32.1 Å². The minimum Gasteiger partial charge on any atom is -0.489 e. The Bertz CT molecular complexity index is 583. The first kappa shape index (κ1) is 21.5. The summed E-state index contributed by atoms with van der Waals surface area (Å²) in [4.78, 5) is 18.5. The maximum Gasteiger partial charge on any atom is 0.224 e. The van der Waals surface area contributed by atoms with Gasteiger partial charge in [-0.3, -0.25) is 4.79 Å². The van der Waals surface area contributed by atoms with Crippen molar-refractivity contribution in [1.29, 1.82) is 0 Å². The van der Waals surface area contributed by atoms with Crippen LogP contribution in [0.25, 0.3) is 0 Å². The molecule has 0 saturated heterocycles. The zero-order chi connectivity index (χ0) is 19.2. The van der Waals surface area contributed by atoms with E-state index in [1.54, 1.807) is 6.08 Å². The third-order valence-corrected chi connectivity index (χ3v) is 3.83. The summed E-state index contributed by atoms with van der Waals surface area (Å²) in [7, 11) is 0. The largest absolute Gasteiger partial charge is 0.489 e. The van der Waals surface area contributed by atoms with Gasteiger partial charge in [-0.1, -0.05) is 30.9 Å². The van der Waals surface area contributed by atoms with E-state index in [1.165, 1.54) is 0 Å². The predicted molar refractivity (Wildman–Crippen MR) is 107 cm³/mol. The molecule has 0 saturated carbocycles. The molecule has 1 rings (SSSR count). The molecule has 6 heteroatoms. The minimum absolute atomic E-state index is 0.154. The number of carbonyl (C=O) groups is 1. The van der Waals surface area contributed by atoms with Crippen LogP contribution in [0.4, 0.5) is 0 Å². The smallest absolute Gasteiger partial charge is 0.224 e. The van der Waals surface area contributed by atoms with E-state index in [4.69, 9.17) is 4.74 Å². The Hall–Kier alpha value is -2.50. The maximum absolute atomic E-state index is 12.1. The van der Waals surface area contributed by atoms with Gasteiger partial charge in [0.1, 0.15) is 12.4 Å². The number of ether oxygens (including phenoxy) is 1. The van der Waals surface area contributed by atoms with E-state index in [0.717, 1.165) is 30.9 Å². The number of rotatable bonds is 11. The summed E-state index contributed by atoms with van der Waals surface area (Å²) in [5.74, 6) is 1.66. The Morgan fingerprint density at radius 2 is 1.96 bits per heavy atom. The number of hydrogen-bond donors (Lipinski definition) is 2. The summed E-state index contributed by atoms with van der Waals surface area (Å²) < 4.78 is 5.66. The molecular weight excluding hydrogens is 328 g/mol.